The number of nitrogens with zero attached hydrogens (tertiary/aromatic N) is 3. The zero-order chi connectivity index (χ0) is 12.3. The molecular formula is C13H15N3O. The SMILES string of the molecule is CCN1CCN(c2cccc(C#N)c2)CC1=O. The number of carbonyl (C=O) groups excluding carboxylic acids is 1. The van der Waals surface area contributed by atoms with Crippen molar-refractivity contribution in [3.8, 4) is 6.07 Å². The van der Waals surface area contributed by atoms with Gasteiger partial charge in [-0.15, -0.1) is 0 Å². The Morgan fingerprint density at radius 3 is 2.88 bits per heavy atom. The first-order valence-corrected chi connectivity index (χ1v) is 5.77. The third-order valence-corrected chi connectivity index (χ3v) is 3.04. The molecule has 0 bridgehead atoms. The van der Waals surface area contributed by atoms with Crippen LogP contribution < -0.4 is 4.90 Å². The molecule has 1 amide bonds. The number of rotatable bonds is 2. The number of nitriles is 1. The summed E-state index contributed by atoms with van der Waals surface area (Å²) in [6.45, 7) is 4.75. The van der Waals surface area contributed by atoms with Crippen LogP contribution in [0.15, 0.2) is 24.3 Å². The molecule has 0 aliphatic carbocycles. The first kappa shape index (κ1) is 11.5. The molecule has 1 fully saturated rings. The largest absolute Gasteiger partial charge is 0.360 e. The van der Waals surface area contributed by atoms with Gasteiger partial charge < -0.3 is 9.80 Å². The maximum atomic E-state index is 11.8. The van der Waals surface area contributed by atoms with Crippen molar-refractivity contribution in [1.82, 2.24) is 4.90 Å². The smallest absolute Gasteiger partial charge is 0.242 e. The van der Waals surface area contributed by atoms with Gasteiger partial charge in [0.05, 0.1) is 18.2 Å². The van der Waals surface area contributed by atoms with Crippen LogP contribution in [0.5, 0.6) is 0 Å². The molecule has 0 radical (unpaired) electrons. The van der Waals surface area contributed by atoms with Crippen molar-refractivity contribution in [2.75, 3.05) is 31.1 Å². The van der Waals surface area contributed by atoms with Crippen LogP contribution in [0.4, 0.5) is 5.69 Å². The van der Waals surface area contributed by atoms with E-state index in [0.717, 1.165) is 25.3 Å². The Morgan fingerprint density at radius 2 is 2.24 bits per heavy atom. The van der Waals surface area contributed by atoms with Gasteiger partial charge in [0.2, 0.25) is 5.91 Å². The second kappa shape index (κ2) is 4.88. The maximum Gasteiger partial charge on any atom is 0.242 e. The Hall–Kier alpha value is -2.02. The van der Waals surface area contributed by atoms with Crippen molar-refractivity contribution in [3.05, 3.63) is 29.8 Å². The zero-order valence-corrected chi connectivity index (χ0v) is 9.89. The minimum Gasteiger partial charge on any atom is -0.360 e. The Bertz CT molecular complexity index is 464. The Balaban J connectivity index is 2.14. The van der Waals surface area contributed by atoms with E-state index in [1.165, 1.54) is 0 Å². The topological polar surface area (TPSA) is 47.3 Å². The fraction of sp³-hybridized carbons (Fsp3) is 0.385. The van der Waals surface area contributed by atoms with E-state index in [4.69, 9.17) is 5.26 Å². The van der Waals surface area contributed by atoms with Gasteiger partial charge in [0.25, 0.3) is 0 Å². The third-order valence-electron chi connectivity index (χ3n) is 3.04. The maximum absolute atomic E-state index is 11.8. The molecule has 2 rings (SSSR count). The number of piperazine rings is 1. The number of carbonyl (C=O) groups is 1. The summed E-state index contributed by atoms with van der Waals surface area (Å²) in [6.07, 6.45) is 0. The minimum atomic E-state index is 0.154. The highest BCUT2D eigenvalue weighted by molar-refractivity contribution is 5.82. The molecule has 0 aromatic heterocycles. The van der Waals surface area contributed by atoms with Crippen LogP contribution in [0, 0.1) is 11.3 Å². The van der Waals surface area contributed by atoms with Crippen LogP contribution >= 0.6 is 0 Å². The fourth-order valence-corrected chi connectivity index (χ4v) is 2.04. The molecule has 88 valence electrons. The fourth-order valence-electron chi connectivity index (χ4n) is 2.04. The van der Waals surface area contributed by atoms with E-state index in [0.29, 0.717) is 12.1 Å². The van der Waals surface area contributed by atoms with Crippen LogP contribution in [0.2, 0.25) is 0 Å². The lowest BCUT2D eigenvalue weighted by molar-refractivity contribution is -0.130. The van der Waals surface area contributed by atoms with E-state index < -0.39 is 0 Å². The van der Waals surface area contributed by atoms with Crippen molar-refractivity contribution >= 4 is 11.6 Å². The van der Waals surface area contributed by atoms with Crippen molar-refractivity contribution < 1.29 is 4.79 Å². The lowest BCUT2D eigenvalue weighted by Gasteiger charge is -2.35. The number of likely N-dealkylation sites (N-methyl/N-ethyl adjacent to an activating group) is 1. The van der Waals surface area contributed by atoms with Crippen LogP contribution in [0.1, 0.15) is 12.5 Å². The third kappa shape index (κ3) is 2.39. The molecule has 0 spiro atoms. The summed E-state index contributed by atoms with van der Waals surface area (Å²) in [5.41, 5.74) is 1.58. The van der Waals surface area contributed by atoms with Gasteiger partial charge in [0.1, 0.15) is 0 Å². The Morgan fingerprint density at radius 1 is 1.41 bits per heavy atom. The monoisotopic (exact) mass is 229 g/mol. The van der Waals surface area contributed by atoms with Crippen molar-refractivity contribution in [1.29, 1.82) is 5.26 Å². The number of hydrogen-bond donors (Lipinski definition) is 0. The number of anilines is 1. The lowest BCUT2D eigenvalue weighted by atomic mass is 10.2. The highest BCUT2D eigenvalue weighted by atomic mass is 16.2. The lowest BCUT2D eigenvalue weighted by Crippen LogP contribution is -2.50. The van der Waals surface area contributed by atoms with E-state index in [1.54, 1.807) is 6.07 Å². The number of benzene rings is 1. The molecule has 1 aromatic rings. The number of hydrogen-bond acceptors (Lipinski definition) is 3. The molecule has 1 aliphatic rings. The number of amides is 1. The molecule has 4 nitrogen and oxygen atoms in total. The van der Waals surface area contributed by atoms with Crippen molar-refractivity contribution in [2.45, 2.75) is 6.92 Å². The average molecular weight is 229 g/mol. The van der Waals surface area contributed by atoms with Crippen molar-refractivity contribution in [3.63, 3.8) is 0 Å². The quantitative estimate of drug-likeness (QED) is 0.766. The Kier molecular flexibility index (Phi) is 3.29. The van der Waals surface area contributed by atoms with E-state index >= 15 is 0 Å². The van der Waals surface area contributed by atoms with Crippen LogP contribution in [0.25, 0.3) is 0 Å². The van der Waals surface area contributed by atoms with Gasteiger partial charge in [-0.25, -0.2) is 0 Å². The van der Waals surface area contributed by atoms with Gasteiger partial charge in [-0.3, -0.25) is 4.79 Å². The van der Waals surface area contributed by atoms with Crippen LogP contribution in [-0.2, 0) is 4.79 Å². The summed E-state index contributed by atoms with van der Waals surface area (Å²) in [5.74, 6) is 0.154. The average Bonchev–Trinajstić information content (AvgIpc) is 2.38. The van der Waals surface area contributed by atoms with E-state index in [-0.39, 0.29) is 5.91 Å². The first-order valence-electron chi connectivity index (χ1n) is 5.77. The molecule has 1 saturated heterocycles. The summed E-state index contributed by atoms with van der Waals surface area (Å²) in [5, 5.41) is 8.85. The molecule has 0 N–H and O–H groups in total. The molecule has 0 unspecified atom stereocenters. The van der Waals surface area contributed by atoms with Gasteiger partial charge in [0, 0.05) is 25.3 Å². The second-order valence-corrected chi connectivity index (χ2v) is 4.06. The second-order valence-electron chi connectivity index (χ2n) is 4.06. The molecule has 0 atom stereocenters. The van der Waals surface area contributed by atoms with Gasteiger partial charge in [-0.2, -0.15) is 5.26 Å². The van der Waals surface area contributed by atoms with Gasteiger partial charge in [0.15, 0.2) is 0 Å². The normalized spacial score (nSPS) is 15.9. The van der Waals surface area contributed by atoms with Gasteiger partial charge in [-0.05, 0) is 25.1 Å². The zero-order valence-electron chi connectivity index (χ0n) is 9.89. The standard InChI is InChI=1S/C13H15N3O/c1-2-15-6-7-16(10-13(15)17)12-5-3-4-11(8-12)9-14/h3-5,8H,2,6-7,10H2,1H3. The summed E-state index contributed by atoms with van der Waals surface area (Å²) >= 11 is 0. The molecule has 0 saturated carbocycles. The van der Waals surface area contributed by atoms with Crippen LogP contribution in [0.3, 0.4) is 0 Å². The molecular weight excluding hydrogens is 214 g/mol. The summed E-state index contributed by atoms with van der Waals surface area (Å²) in [4.78, 5) is 15.7. The van der Waals surface area contributed by atoms with E-state index in [1.807, 2.05) is 34.9 Å². The summed E-state index contributed by atoms with van der Waals surface area (Å²) < 4.78 is 0. The minimum absolute atomic E-state index is 0.154. The predicted molar refractivity (Wildman–Crippen MR) is 65.6 cm³/mol. The molecule has 1 aromatic carbocycles. The van der Waals surface area contributed by atoms with Crippen LogP contribution in [-0.4, -0.2) is 37.0 Å². The van der Waals surface area contributed by atoms with Gasteiger partial charge in [-0.1, -0.05) is 6.07 Å². The van der Waals surface area contributed by atoms with Crippen molar-refractivity contribution in [2.24, 2.45) is 0 Å². The summed E-state index contributed by atoms with van der Waals surface area (Å²) in [7, 11) is 0. The summed E-state index contributed by atoms with van der Waals surface area (Å²) in [6, 6.07) is 9.51. The molecule has 1 aliphatic heterocycles. The van der Waals surface area contributed by atoms with E-state index in [9.17, 15) is 4.79 Å². The molecule has 1 heterocycles. The Labute approximate surface area is 101 Å². The predicted octanol–water partition coefficient (Wildman–Crippen LogP) is 1.23. The first-order chi connectivity index (χ1) is 8.24. The van der Waals surface area contributed by atoms with E-state index in [2.05, 4.69) is 6.07 Å². The molecule has 4 heteroatoms. The highest BCUT2D eigenvalue weighted by Crippen LogP contribution is 2.18. The van der Waals surface area contributed by atoms with Gasteiger partial charge >= 0.3 is 0 Å². The highest BCUT2D eigenvalue weighted by Gasteiger charge is 2.22. The molecule has 17 heavy (non-hydrogen) atoms.